The molecule has 0 saturated heterocycles. The smallest absolute Gasteiger partial charge is 0.328 e. The fraction of sp³-hybridized carbons (Fsp3) is 0.750. The Morgan fingerprint density at radius 3 is 2.62 bits per heavy atom. The number of amidine groups is 1. The van der Waals surface area contributed by atoms with E-state index in [0.29, 0.717) is 0 Å². The van der Waals surface area contributed by atoms with E-state index in [0.717, 1.165) is 5.84 Å². The SMILES string of the molecule is CC1=[NH+]C(C)(O)ON1. The monoisotopic (exact) mass is 117 g/mol. The Labute approximate surface area is 47.1 Å². The van der Waals surface area contributed by atoms with Gasteiger partial charge in [-0.05, 0) is 0 Å². The fourth-order valence-electron chi connectivity index (χ4n) is 0.575. The molecule has 0 aliphatic carbocycles. The normalized spacial score (nSPS) is 36.6. The molecular formula is C4H9N2O2+. The highest BCUT2D eigenvalue weighted by Gasteiger charge is 2.32. The van der Waals surface area contributed by atoms with Crippen LogP contribution in [0.25, 0.3) is 0 Å². The largest absolute Gasteiger partial charge is 0.355 e. The van der Waals surface area contributed by atoms with Gasteiger partial charge < -0.3 is 5.11 Å². The van der Waals surface area contributed by atoms with Crippen LogP contribution in [0.4, 0.5) is 0 Å². The van der Waals surface area contributed by atoms with E-state index in [9.17, 15) is 0 Å². The van der Waals surface area contributed by atoms with Gasteiger partial charge in [0.05, 0.1) is 0 Å². The molecular weight excluding hydrogens is 108 g/mol. The third-order valence-corrected chi connectivity index (χ3v) is 0.822. The quantitative estimate of drug-likeness (QED) is 0.334. The van der Waals surface area contributed by atoms with Gasteiger partial charge in [-0.3, -0.25) is 0 Å². The third-order valence-electron chi connectivity index (χ3n) is 0.822. The fourth-order valence-corrected chi connectivity index (χ4v) is 0.575. The molecule has 0 bridgehead atoms. The van der Waals surface area contributed by atoms with E-state index in [1.54, 1.807) is 6.92 Å². The van der Waals surface area contributed by atoms with Crippen LogP contribution in [-0.2, 0) is 4.84 Å². The standard InChI is InChI=1S/C4H8N2O2/c1-3-5-4(2,7)8-6-3/h7H,1-2H3,(H,5,6)/p+1. The van der Waals surface area contributed by atoms with Gasteiger partial charge in [-0.1, -0.05) is 0 Å². The molecule has 46 valence electrons. The molecule has 0 fully saturated rings. The van der Waals surface area contributed by atoms with Crippen molar-refractivity contribution in [2.45, 2.75) is 19.8 Å². The van der Waals surface area contributed by atoms with Gasteiger partial charge in [-0.25, -0.2) is 4.99 Å². The lowest BCUT2D eigenvalue weighted by atomic mass is 10.6. The van der Waals surface area contributed by atoms with Crippen LogP contribution < -0.4 is 10.5 Å². The van der Waals surface area contributed by atoms with Crippen molar-refractivity contribution in [3.8, 4) is 0 Å². The molecule has 0 spiro atoms. The summed E-state index contributed by atoms with van der Waals surface area (Å²) in [6.45, 7) is 3.28. The van der Waals surface area contributed by atoms with Gasteiger partial charge in [0.2, 0.25) is 0 Å². The van der Waals surface area contributed by atoms with E-state index in [2.05, 4.69) is 15.3 Å². The molecule has 1 aliphatic heterocycles. The van der Waals surface area contributed by atoms with Crippen LogP contribution in [0.5, 0.6) is 0 Å². The lowest BCUT2D eigenvalue weighted by Gasteiger charge is -2.01. The highest BCUT2D eigenvalue weighted by molar-refractivity contribution is 5.72. The van der Waals surface area contributed by atoms with Crippen molar-refractivity contribution in [3.05, 3.63) is 0 Å². The Bertz CT molecular complexity index is 130. The molecule has 3 N–H and O–H groups in total. The Hall–Kier alpha value is -0.610. The van der Waals surface area contributed by atoms with Crippen molar-refractivity contribution in [2.24, 2.45) is 0 Å². The zero-order valence-electron chi connectivity index (χ0n) is 4.86. The number of hydroxylamine groups is 1. The van der Waals surface area contributed by atoms with Crippen LogP contribution in [0.2, 0.25) is 0 Å². The second-order valence-corrected chi connectivity index (χ2v) is 1.94. The number of hydrogen-bond acceptors (Lipinski definition) is 3. The lowest BCUT2D eigenvalue weighted by Crippen LogP contribution is -2.83. The minimum Gasteiger partial charge on any atom is -0.328 e. The molecule has 4 nitrogen and oxygen atoms in total. The molecule has 1 heterocycles. The first kappa shape index (κ1) is 5.53. The van der Waals surface area contributed by atoms with Crippen LogP contribution >= 0.6 is 0 Å². The molecule has 0 amide bonds. The Morgan fingerprint density at radius 1 is 1.88 bits per heavy atom. The Morgan fingerprint density at radius 2 is 2.50 bits per heavy atom. The topological polar surface area (TPSA) is 55.5 Å². The predicted octanol–water partition coefficient (Wildman–Crippen LogP) is -2.31. The minimum absolute atomic E-state index is 0.718. The summed E-state index contributed by atoms with van der Waals surface area (Å²) in [5, 5.41) is 8.95. The van der Waals surface area contributed by atoms with Gasteiger partial charge in [0.25, 0.3) is 5.84 Å². The zero-order valence-corrected chi connectivity index (χ0v) is 4.86. The van der Waals surface area contributed by atoms with Gasteiger partial charge in [-0.2, -0.15) is 0 Å². The first-order valence-electron chi connectivity index (χ1n) is 2.38. The molecule has 1 atom stereocenters. The van der Waals surface area contributed by atoms with Crippen molar-refractivity contribution in [1.82, 2.24) is 5.48 Å². The maximum absolute atomic E-state index is 8.95. The number of rotatable bonds is 0. The first-order chi connectivity index (χ1) is 3.60. The average Bonchev–Trinajstić information content (AvgIpc) is 1.82. The highest BCUT2D eigenvalue weighted by atomic mass is 16.8. The van der Waals surface area contributed by atoms with E-state index in [-0.39, 0.29) is 0 Å². The first-order valence-corrected chi connectivity index (χ1v) is 2.38. The molecule has 1 aliphatic rings. The Kier molecular flexibility index (Phi) is 0.988. The third kappa shape index (κ3) is 0.962. The average molecular weight is 117 g/mol. The van der Waals surface area contributed by atoms with Crippen LogP contribution in [0.15, 0.2) is 0 Å². The highest BCUT2D eigenvalue weighted by Crippen LogP contribution is 1.90. The second kappa shape index (κ2) is 1.43. The summed E-state index contributed by atoms with van der Waals surface area (Å²) >= 11 is 0. The van der Waals surface area contributed by atoms with E-state index < -0.39 is 5.91 Å². The Balaban J connectivity index is 2.67. The van der Waals surface area contributed by atoms with Gasteiger partial charge in [-0.15, -0.1) is 10.3 Å². The number of nitrogens with one attached hydrogen (secondary N) is 2. The minimum atomic E-state index is -1.23. The van der Waals surface area contributed by atoms with Crippen molar-refractivity contribution >= 4 is 5.84 Å². The zero-order chi connectivity index (χ0) is 6.20. The molecule has 0 radical (unpaired) electrons. The van der Waals surface area contributed by atoms with Gasteiger partial charge >= 0.3 is 5.91 Å². The summed E-state index contributed by atoms with van der Waals surface area (Å²) < 4.78 is 0. The molecule has 0 aromatic heterocycles. The van der Waals surface area contributed by atoms with E-state index in [4.69, 9.17) is 5.11 Å². The summed E-state index contributed by atoms with van der Waals surface area (Å²) in [6, 6.07) is 0. The summed E-state index contributed by atoms with van der Waals surface area (Å²) in [6.07, 6.45) is 0. The van der Waals surface area contributed by atoms with Gasteiger partial charge in [0, 0.05) is 13.8 Å². The van der Waals surface area contributed by atoms with E-state index in [1.165, 1.54) is 6.92 Å². The predicted molar refractivity (Wildman–Crippen MR) is 26.5 cm³/mol. The van der Waals surface area contributed by atoms with Gasteiger partial charge in [0.15, 0.2) is 0 Å². The molecule has 8 heavy (non-hydrogen) atoms. The van der Waals surface area contributed by atoms with E-state index >= 15 is 0 Å². The van der Waals surface area contributed by atoms with Crippen molar-refractivity contribution in [3.63, 3.8) is 0 Å². The summed E-state index contributed by atoms with van der Waals surface area (Å²) in [5.74, 6) is -0.514. The molecule has 1 unspecified atom stereocenters. The summed E-state index contributed by atoms with van der Waals surface area (Å²) in [7, 11) is 0. The van der Waals surface area contributed by atoms with Crippen LogP contribution in [0.1, 0.15) is 13.8 Å². The molecule has 1 rings (SSSR count). The van der Waals surface area contributed by atoms with Crippen LogP contribution in [0.3, 0.4) is 0 Å². The van der Waals surface area contributed by atoms with E-state index in [1.807, 2.05) is 0 Å². The van der Waals surface area contributed by atoms with Crippen molar-refractivity contribution < 1.29 is 14.9 Å². The van der Waals surface area contributed by atoms with Crippen molar-refractivity contribution in [1.29, 1.82) is 0 Å². The molecule has 4 heteroatoms. The lowest BCUT2D eigenvalue weighted by molar-refractivity contribution is -0.657. The molecule has 0 aromatic carbocycles. The van der Waals surface area contributed by atoms with Crippen LogP contribution in [-0.4, -0.2) is 16.9 Å². The number of hydrogen-bond donors (Lipinski definition) is 3. The summed E-state index contributed by atoms with van der Waals surface area (Å²) in [4.78, 5) is 7.24. The molecule has 0 saturated carbocycles. The number of aliphatic hydroxyl groups is 1. The maximum atomic E-state index is 8.95. The second-order valence-electron chi connectivity index (χ2n) is 1.94. The summed E-state index contributed by atoms with van der Waals surface area (Å²) in [5.41, 5.74) is 2.47. The van der Waals surface area contributed by atoms with Crippen molar-refractivity contribution in [2.75, 3.05) is 0 Å². The van der Waals surface area contributed by atoms with Gasteiger partial charge in [0.1, 0.15) is 0 Å². The van der Waals surface area contributed by atoms with Crippen LogP contribution in [0, 0.1) is 0 Å². The molecule has 0 aromatic rings. The maximum Gasteiger partial charge on any atom is 0.355 e.